The Kier molecular flexibility index (Phi) is 4.03. The van der Waals surface area contributed by atoms with Crippen molar-refractivity contribution in [2.75, 3.05) is 12.0 Å². The Labute approximate surface area is 116 Å². The highest BCUT2D eigenvalue weighted by molar-refractivity contribution is 9.10. The predicted molar refractivity (Wildman–Crippen MR) is 72.4 cm³/mol. The van der Waals surface area contributed by atoms with Gasteiger partial charge in [-0.15, -0.1) is 0 Å². The maximum Gasteiger partial charge on any atom is 0.225 e. The number of aromatic nitrogens is 2. The van der Waals surface area contributed by atoms with Gasteiger partial charge in [0.05, 0.1) is 4.47 Å². The molecule has 2 rings (SSSR count). The van der Waals surface area contributed by atoms with Crippen LogP contribution in [0.3, 0.4) is 0 Å². The van der Waals surface area contributed by atoms with E-state index in [-0.39, 0.29) is 5.82 Å². The second kappa shape index (κ2) is 5.53. The first-order chi connectivity index (χ1) is 8.58. The minimum atomic E-state index is -0.352. The Hall–Kier alpha value is -1.34. The summed E-state index contributed by atoms with van der Waals surface area (Å²) in [5.74, 6) is 0.763. The molecule has 0 amide bonds. The lowest BCUT2D eigenvalue weighted by Crippen LogP contribution is -1.97. The van der Waals surface area contributed by atoms with Crippen LogP contribution in [-0.4, -0.2) is 16.2 Å². The van der Waals surface area contributed by atoms with E-state index in [0.29, 0.717) is 27.1 Å². The molecule has 2 aromatic rings. The lowest BCUT2D eigenvalue weighted by atomic mass is 10.3. The van der Waals surface area contributed by atoms with Gasteiger partial charge in [0.15, 0.2) is 5.16 Å². The molecule has 1 aromatic carbocycles. The van der Waals surface area contributed by atoms with Gasteiger partial charge in [0.1, 0.15) is 17.4 Å². The van der Waals surface area contributed by atoms with Crippen molar-refractivity contribution in [2.45, 2.75) is 5.16 Å². The minimum Gasteiger partial charge on any atom is -0.439 e. The summed E-state index contributed by atoms with van der Waals surface area (Å²) < 4.78 is 18.9. The summed E-state index contributed by atoms with van der Waals surface area (Å²) >= 11 is 4.45. The summed E-state index contributed by atoms with van der Waals surface area (Å²) in [6.07, 6.45) is 1.84. The highest BCUT2D eigenvalue weighted by Gasteiger charge is 2.06. The van der Waals surface area contributed by atoms with E-state index in [9.17, 15) is 4.39 Å². The third-order valence-electron chi connectivity index (χ3n) is 2.00. The van der Waals surface area contributed by atoms with Crippen LogP contribution in [0.25, 0.3) is 0 Å². The summed E-state index contributed by atoms with van der Waals surface area (Å²) in [5, 5.41) is 0.520. The highest BCUT2D eigenvalue weighted by atomic mass is 79.9. The zero-order chi connectivity index (χ0) is 13.1. The van der Waals surface area contributed by atoms with E-state index in [4.69, 9.17) is 10.5 Å². The SMILES string of the molecule is CSc1nc(N)cc(Oc2ccc(F)c(Br)c2)n1. The third-order valence-corrected chi connectivity index (χ3v) is 3.15. The maximum absolute atomic E-state index is 13.1. The van der Waals surface area contributed by atoms with E-state index in [1.807, 2.05) is 6.26 Å². The summed E-state index contributed by atoms with van der Waals surface area (Å²) in [5.41, 5.74) is 5.63. The topological polar surface area (TPSA) is 61.0 Å². The number of thioether (sulfide) groups is 1. The molecule has 0 saturated carbocycles. The first-order valence-electron chi connectivity index (χ1n) is 4.90. The van der Waals surface area contributed by atoms with Crippen LogP contribution in [0.15, 0.2) is 33.9 Å². The summed E-state index contributed by atoms with van der Waals surface area (Å²) in [4.78, 5) is 8.15. The van der Waals surface area contributed by atoms with Crippen LogP contribution in [0.5, 0.6) is 11.6 Å². The standard InChI is InChI=1S/C11H9BrFN3OS/c1-18-11-15-9(14)5-10(16-11)17-6-2-3-8(13)7(12)4-6/h2-5H,1H3,(H2,14,15,16). The Morgan fingerprint density at radius 1 is 1.33 bits per heavy atom. The zero-order valence-corrected chi connectivity index (χ0v) is 11.8. The highest BCUT2D eigenvalue weighted by Crippen LogP contribution is 2.26. The number of hydrogen-bond donors (Lipinski definition) is 1. The van der Waals surface area contributed by atoms with Crippen molar-refractivity contribution in [1.29, 1.82) is 0 Å². The second-order valence-electron chi connectivity index (χ2n) is 3.30. The molecular weight excluding hydrogens is 321 g/mol. The first-order valence-corrected chi connectivity index (χ1v) is 6.91. The first kappa shape index (κ1) is 13.1. The average molecular weight is 330 g/mol. The molecule has 0 aliphatic heterocycles. The van der Waals surface area contributed by atoms with E-state index < -0.39 is 0 Å². The molecular formula is C11H9BrFN3OS. The fraction of sp³-hybridized carbons (Fsp3) is 0.0909. The summed E-state index contributed by atoms with van der Waals surface area (Å²) in [6, 6.07) is 5.85. The van der Waals surface area contributed by atoms with Crippen molar-refractivity contribution >= 4 is 33.5 Å². The largest absolute Gasteiger partial charge is 0.439 e. The fourth-order valence-electron chi connectivity index (χ4n) is 1.23. The fourth-order valence-corrected chi connectivity index (χ4v) is 1.96. The molecule has 0 fully saturated rings. The Morgan fingerprint density at radius 3 is 2.78 bits per heavy atom. The van der Waals surface area contributed by atoms with Gasteiger partial charge in [-0.2, -0.15) is 4.98 Å². The summed E-state index contributed by atoms with van der Waals surface area (Å²) in [6.45, 7) is 0. The van der Waals surface area contributed by atoms with E-state index in [0.717, 1.165) is 0 Å². The Morgan fingerprint density at radius 2 is 2.11 bits per heavy atom. The van der Waals surface area contributed by atoms with Gasteiger partial charge >= 0.3 is 0 Å². The lowest BCUT2D eigenvalue weighted by Gasteiger charge is -2.07. The third kappa shape index (κ3) is 3.11. The number of anilines is 1. The lowest BCUT2D eigenvalue weighted by molar-refractivity contribution is 0.454. The predicted octanol–water partition coefficient (Wildman–Crippen LogP) is 3.47. The van der Waals surface area contributed by atoms with Crippen LogP contribution in [0.1, 0.15) is 0 Å². The van der Waals surface area contributed by atoms with E-state index in [1.54, 1.807) is 0 Å². The average Bonchev–Trinajstić information content (AvgIpc) is 2.33. The molecule has 0 spiro atoms. The molecule has 7 heteroatoms. The van der Waals surface area contributed by atoms with Crippen molar-refractivity contribution in [2.24, 2.45) is 0 Å². The quantitative estimate of drug-likeness (QED) is 0.690. The van der Waals surface area contributed by atoms with Gasteiger partial charge in [-0.05, 0) is 40.4 Å². The molecule has 0 aliphatic carbocycles. The molecule has 0 unspecified atom stereocenters. The van der Waals surface area contributed by atoms with Crippen LogP contribution in [-0.2, 0) is 0 Å². The van der Waals surface area contributed by atoms with Crippen molar-refractivity contribution in [3.05, 3.63) is 34.6 Å². The normalized spacial score (nSPS) is 10.4. The van der Waals surface area contributed by atoms with E-state index in [2.05, 4.69) is 25.9 Å². The molecule has 0 bridgehead atoms. The van der Waals surface area contributed by atoms with Gasteiger partial charge in [0.2, 0.25) is 5.88 Å². The molecule has 18 heavy (non-hydrogen) atoms. The summed E-state index contributed by atoms with van der Waals surface area (Å²) in [7, 11) is 0. The van der Waals surface area contributed by atoms with Gasteiger partial charge in [-0.3, -0.25) is 0 Å². The number of nitrogen functional groups attached to an aromatic ring is 1. The molecule has 94 valence electrons. The number of rotatable bonds is 3. The van der Waals surface area contributed by atoms with Gasteiger partial charge in [-0.25, -0.2) is 9.37 Å². The van der Waals surface area contributed by atoms with Crippen molar-refractivity contribution in [1.82, 2.24) is 9.97 Å². The zero-order valence-electron chi connectivity index (χ0n) is 9.35. The smallest absolute Gasteiger partial charge is 0.225 e. The van der Waals surface area contributed by atoms with E-state index in [1.165, 1.54) is 36.0 Å². The van der Waals surface area contributed by atoms with Crippen LogP contribution in [0.4, 0.5) is 10.2 Å². The van der Waals surface area contributed by atoms with Crippen LogP contribution < -0.4 is 10.5 Å². The molecule has 0 atom stereocenters. The van der Waals surface area contributed by atoms with Gasteiger partial charge in [0.25, 0.3) is 0 Å². The number of hydrogen-bond acceptors (Lipinski definition) is 5. The van der Waals surface area contributed by atoms with Crippen molar-refractivity contribution in [3.63, 3.8) is 0 Å². The van der Waals surface area contributed by atoms with Crippen molar-refractivity contribution < 1.29 is 9.13 Å². The van der Waals surface area contributed by atoms with E-state index >= 15 is 0 Å². The maximum atomic E-state index is 13.1. The number of benzene rings is 1. The van der Waals surface area contributed by atoms with Gasteiger partial charge < -0.3 is 10.5 Å². The molecule has 4 nitrogen and oxygen atoms in total. The molecule has 0 radical (unpaired) electrons. The molecule has 0 saturated heterocycles. The van der Waals surface area contributed by atoms with Crippen LogP contribution in [0, 0.1) is 5.82 Å². The minimum absolute atomic E-state index is 0.324. The van der Waals surface area contributed by atoms with Gasteiger partial charge in [-0.1, -0.05) is 11.8 Å². The Bertz CT molecular complexity index is 582. The monoisotopic (exact) mass is 329 g/mol. The van der Waals surface area contributed by atoms with Crippen LogP contribution in [0.2, 0.25) is 0 Å². The second-order valence-corrected chi connectivity index (χ2v) is 4.92. The molecule has 1 heterocycles. The van der Waals surface area contributed by atoms with Crippen LogP contribution >= 0.6 is 27.7 Å². The van der Waals surface area contributed by atoms with Crippen molar-refractivity contribution in [3.8, 4) is 11.6 Å². The number of ether oxygens (including phenoxy) is 1. The molecule has 1 aromatic heterocycles. The molecule has 2 N–H and O–H groups in total. The molecule has 0 aliphatic rings. The Balaban J connectivity index is 2.27. The number of nitrogens with two attached hydrogens (primary N) is 1. The van der Waals surface area contributed by atoms with Gasteiger partial charge in [0, 0.05) is 6.07 Å². The number of nitrogens with zero attached hydrogens (tertiary/aromatic N) is 2. The number of halogens is 2.